The van der Waals surface area contributed by atoms with Gasteiger partial charge in [-0.05, 0) is 12.3 Å². The molecule has 0 aromatic carbocycles. The molecular weight excluding hydrogens is 168 g/mol. The maximum Gasteiger partial charge on any atom is 0.180 e. The van der Waals surface area contributed by atoms with Gasteiger partial charge < -0.3 is 5.73 Å². The van der Waals surface area contributed by atoms with Gasteiger partial charge in [0.1, 0.15) is 0 Å². The molecule has 1 heterocycles. The predicted octanol–water partition coefficient (Wildman–Crippen LogP) is 2.46. The lowest BCUT2D eigenvalue weighted by Crippen LogP contribution is -1.98. The maximum absolute atomic E-state index is 5.56. The predicted molar refractivity (Wildman–Crippen MR) is 52.2 cm³/mol. The number of rotatable bonds is 2. The molecule has 2 rings (SSSR count). The van der Waals surface area contributed by atoms with E-state index in [4.69, 9.17) is 5.73 Å². The summed E-state index contributed by atoms with van der Waals surface area (Å²) >= 11 is 1.55. The largest absolute Gasteiger partial charge is 0.375 e. The molecule has 0 radical (unpaired) electrons. The maximum atomic E-state index is 5.56. The van der Waals surface area contributed by atoms with Gasteiger partial charge in [0.2, 0.25) is 0 Å². The van der Waals surface area contributed by atoms with Crippen molar-refractivity contribution in [2.75, 3.05) is 5.73 Å². The third kappa shape index (κ3) is 1.78. The minimum atomic E-state index is 0.711. The van der Waals surface area contributed by atoms with Crippen molar-refractivity contribution in [2.45, 2.75) is 32.1 Å². The summed E-state index contributed by atoms with van der Waals surface area (Å²) in [4.78, 5) is 4.27. The normalized spacial score (nSPS) is 18.7. The third-order valence-corrected chi connectivity index (χ3v) is 3.26. The van der Waals surface area contributed by atoms with Crippen LogP contribution in [0.1, 0.15) is 31.4 Å². The van der Waals surface area contributed by atoms with Crippen LogP contribution in [0.25, 0.3) is 0 Å². The summed E-state index contributed by atoms with van der Waals surface area (Å²) in [6.45, 7) is 0. The van der Waals surface area contributed by atoms with E-state index in [1.54, 1.807) is 11.3 Å². The molecule has 0 amide bonds. The Hall–Kier alpha value is -0.570. The Labute approximate surface area is 76.8 Å². The summed E-state index contributed by atoms with van der Waals surface area (Å²) in [6, 6.07) is 0. The van der Waals surface area contributed by atoms with E-state index in [0.29, 0.717) is 5.13 Å². The minimum Gasteiger partial charge on any atom is -0.375 e. The van der Waals surface area contributed by atoms with Crippen molar-refractivity contribution in [3.05, 3.63) is 11.1 Å². The molecule has 3 heteroatoms. The average molecular weight is 182 g/mol. The Morgan fingerprint density at radius 1 is 1.50 bits per heavy atom. The van der Waals surface area contributed by atoms with Gasteiger partial charge in [-0.3, -0.25) is 0 Å². The molecule has 1 fully saturated rings. The highest BCUT2D eigenvalue weighted by atomic mass is 32.1. The molecule has 1 aliphatic rings. The molecule has 2 nitrogen and oxygen atoms in total. The van der Waals surface area contributed by atoms with E-state index in [0.717, 1.165) is 12.3 Å². The lowest BCUT2D eigenvalue weighted by atomic mass is 10.0. The van der Waals surface area contributed by atoms with Gasteiger partial charge in [0.15, 0.2) is 5.13 Å². The number of nitrogen functional groups attached to an aromatic ring is 1. The van der Waals surface area contributed by atoms with Crippen LogP contribution >= 0.6 is 11.3 Å². The first-order valence-corrected chi connectivity index (χ1v) is 5.42. The highest BCUT2D eigenvalue weighted by Crippen LogP contribution is 2.28. The molecule has 1 aliphatic carbocycles. The SMILES string of the molecule is Nc1nc(CC2CCCC2)cs1. The first-order chi connectivity index (χ1) is 5.84. The molecule has 2 N–H and O–H groups in total. The van der Waals surface area contributed by atoms with Gasteiger partial charge in [-0.1, -0.05) is 25.7 Å². The quantitative estimate of drug-likeness (QED) is 0.763. The smallest absolute Gasteiger partial charge is 0.180 e. The van der Waals surface area contributed by atoms with E-state index >= 15 is 0 Å². The molecule has 12 heavy (non-hydrogen) atoms. The Kier molecular flexibility index (Phi) is 2.30. The van der Waals surface area contributed by atoms with Crippen LogP contribution in [0, 0.1) is 5.92 Å². The topological polar surface area (TPSA) is 38.9 Å². The van der Waals surface area contributed by atoms with Crippen LogP contribution in [0.2, 0.25) is 0 Å². The molecule has 0 unspecified atom stereocenters. The van der Waals surface area contributed by atoms with Gasteiger partial charge in [0, 0.05) is 5.38 Å². The standard InChI is InChI=1S/C9H14N2S/c10-9-11-8(6-12-9)5-7-3-1-2-4-7/h6-7H,1-5H2,(H2,10,11). The molecule has 0 spiro atoms. The van der Waals surface area contributed by atoms with E-state index in [2.05, 4.69) is 10.4 Å². The summed E-state index contributed by atoms with van der Waals surface area (Å²) in [5.41, 5.74) is 6.76. The number of anilines is 1. The summed E-state index contributed by atoms with van der Waals surface area (Å²) in [7, 11) is 0. The molecule has 0 saturated heterocycles. The highest BCUT2D eigenvalue weighted by molar-refractivity contribution is 7.13. The van der Waals surface area contributed by atoms with Crippen LogP contribution in [0.5, 0.6) is 0 Å². The molecule has 1 aromatic rings. The van der Waals surface area contributed by atoms with Crippen molar-refractivity contribution in [1.29, 1.82) is 0 Å². The summed E-state index contributed by atoms with van der Waals surface area (Å²) < 4.78 is 0. The molecule has 0 atom stereocenters. The van der Waals surface area contributed by atoms with E-state index in [9.17, 15) is 0 Å². The fourth-order valence-electron chi connectivity index (χ4n) is 1.93. The molecular formula is C9H14N2S. The minimum absolute atomic E-state index is 0.711. The van der Waals surface area contributed by atoms with Crippen molar-refractivity contribution >= 4 is 16.5 Å². The molecule has 1 aromatic heterocycles. The van der Waals surface area contributed by atoms with Crippen LogP contribution in [0.4, 0.5) is 5.13 Å². The summed E-state index contributed by atoms with van der Waals surface area (Å²) in [5.74, 6) is 0.881. The van der Waals surface area contributed by atoms with Crippen molar-refractivity contribution in [3.63, 3.8) is 0 Å². The Balaban J connectivity index is 1.94. The van der Waals surface area contributed by atoms with Crippen LogP contribution in [0.3, 0.4) is 0 Å². The van der Waals surface area contributed by atoms with Crippen molar-refractivity contribution < 1.29 is 0 Å². The second-order valence-corrected chi connectivity index (χ2v) is 4.42. The van der Waals surface area contributed by atoms with E-state index in [1.807, 2.05) is 0 Å². The first-order valence-electron chi connectivity index (χ1n) is 4.54. The van der Waals surface area contributed by atoms with Crippen LogP contribution in [-0.2, 0) is 6.42 Å². The van der Waals surface area contributed by atoms with Gasteiger partial charge in [0.25, 0.3) is 0 Å². The van der Waals surface area contributed by atoms with E-state index < -0.39 is 0 Å². The van der Waals surface area contributed by atoms with Gasteiger partial charge in [0.05, 0.1) is 5.69 Å². The lowest BCUT2D eigenvalue weighted by molar-refractivity contribution is 0.541. The number of hydrogen-bond donors (Lipinski definition) is 1. The zero-order valence-electron chi connectivity index (χ0n) is 7.12. The molecule has 0 aliphatic heterocycles. The Morgan fingerprint density at radius 2 is 2.25 bits per heavy atom. The molecule has 66 valence electrons. The van der Waals surface area contributed by atoms with Crippen LogP contribution in [0.15, 0.2) is 5.38 Å². The second-order valence-electron chi connectivity index (χ2n) is 3.53. The van der Waals surface area contributed by atoms with Crippen molar-refractivity contribution in [1.82, 2.24) is 4.98 Å². The average Bonchev–Trinajstić information content (AvgIpc) is 2.63. The van der Waals surface area contributed by atoms with Gasteiger partial charge in [-0.25, -0.2) is 4.98 Å². The van der Waals surface area contributed by atoms with Gasteiger partial charge in [-0.2, -0.15) is 0 Å². The van der Waals surface area contributed by atoms with E-state index in [1.165, 1.54) is 31.4 Å². The fourth-order valence-corrected chi connectivity index (χ4v) is 2.50. The highest BCUT2D eigenvalue weighted by Gasteiger charge is 2.16. The summed E-state index contributed by atoms with van der Waals surface area (Å²) in [5, 5.41) is 2.80. The first kappa shape index (κ1) is 8.05. The number of aromatic nitrogens is 1. The van der Waals surface area contributed by atoms with Crippen LogP contribution in [-0.4, -0.2) is 4.98 Å². The number of thiazole rings is 1. The van der Waals surface area contributed by atoms with Crippen molar-refractivity contribution in [3.8, 4) is 0 Å². The number of hydrogen-bond acceptors (Lipinski definition) is 3. The zero-order chi connectivity index (χ0) is 8.39. The second kappa shape index (κ2) is 3.44. The van der Waals surface area contributed by atoms with Gasteiger partial charge >= 0.3 is 0 Å². The molecule has 0 bridgehead atoms. The third-order valence-electron chi connectivity index (χ3n) is 2.54. The zero-order valence-corrected chi connectivity index (χ0v) is 7.94. The molecule has 1 saturated carbocycles. The summed E-state index contributed by atoms with van der Waals surface area (Å²) in [6.07, 6.45) is 6.73. The van der Waals surface area contributed by atoms with E-state index in [-0.39, 0.29) is 0 Å². The lowest BCUT2D eigenvalue weighted by Gasteiger charge is -2.04. The fraction of sp³-hybridized carbons (Fsp3) is 0.667. The monoisotopic (exact) mass is 182 g/mol. The number of nitrogens with two attached hydrogens (primary N) is 1. The van der Waals surface area contributed by atoms with Crippen LogP contribution < -0.4 is 5.73 Å². The van der Waals surface area contributed by atoms with Crippen molar-refractivity contribution in [2.24, 2.45) is 5.92 Å². The Morgan fingerprint density at radius 3 is 2.83 bits per heavy atom. The Bertz CT molecular complexity index is 251. The number of nitrogens with zero attached hydrogens (tertiary/aromatic N) is 1. The van der Waals surface area contributed by atoms with Gasteiger partial charge in [-0.15, -0.1) is 11.3 Å².